The predicted molar refractivity (Wildman–Crippen MR) is 74.2 cm³/mol. The van der Waals surface area contributed by atoms with Gasteiger partial charge in [-0.25, -0.2) is 0 Å². The summed E-state index contributed by atoms with van der Waals surface area (Å²) in [5.74, 6) is 1.14. The minimum Gasteiger partial charge on any atom is -0.496 e. The minimum absolute atomic E-state index is 0.155. The van der Waals surface area contributed by atoms with Crippen molar-refractivity contribution in [2.75, 3.05) is 14.2 Å². The molecule has 0 heterocycles. The first kappa shape index (κ1) is 14.7. The largest absolute Gasteiger partial charge is 0.496 e. The highest BCUT2D eigenvalue weighted by Gasteiger charge is 2.17. The number of Topliss-reactive ketones (excluding diaryl/α,β-unsaturated/α-hetero) is 1. The van der Waals surface area contributed by atoms with Gasteiger partial charge in [0.15, 0.2) is 0 Å². The number of hydrogen-bond acceptors (Lipinski definition) is 3. The minimum atomic E-state index is 0.155. The summed E-state index contributed by atoms with van der Waals surface area (Å²) in [6, 6.07) is 4.40. The van der Waals surface area contributed by atoms with Crippen molar-refractivity contribution in [2.24, 2.45) is 0 Å². The number of rotatable bonds is 6. The standard InChI is InChI=1S/C15H23NO2/c1-10-8-11(2)15(18-5)13(9-10)14(16-4)7-6-12(3)17/h8-9,14,16H,6-7H2,1-5H3. The number of benzene rings is 1. The van der Waals surface area contributed by atoms with Crippen LogP contribution in [0.5, 0.6) is 5.75 Å². The maximum absolute atomic E-state index is 11.1. The summed E-state index contributed by atoms with van der Waals surface area (Å²) in [6.45, 7) is 5.76. The smallest absolute Gasteiger partial charge is 0.129 e. The molecular weight excluding hydrogens is 226 g/mol. The third kappa shape index (κ3) is 3.57. The number of methoxy groups -OCH3 is 1. The molecule has 1 N–H and O–H groups in total. The summed E-state index contributed by atoms with van der Waals surface area (Å²) < 4.78 is 5.50. The molecule has 0 spiro atoms. The first-order chi connectivity index (χ1) is 8.49. The molecule has 100 valence electrons. The van der Waals surface area contributed by atoms with Crippen molar-refractivity contribution in [3.05, 3.63) is 28.8 Å². The van der Waals surface area contributed by atoms with Crippen molar-refractivity contribution in [1.29, 1.82) is 0 Å². The fourth-order valence-corrected chi connectivity index (χ4v) is 2.33. The zero-order valence-electron chi connectivity index (χ0n) is 12.0. The van der Waals surface area contributed by atoms with Crippen LogP contribution >= 0.6 is 0 Å². The van der Waals surface area contributed by atoms with Crippen molar-refractivity contribution in [3.8, 4) is 5.75 Å². The Morgan fingerprint density at radius 3 is 2.56 bits per heavy atom. The van der Waals surface area contributed by atoms with E-state index in [1.165, 1.54) is 5.56 Å². The van der Waals surface area contributed by atoms with Gasteiger partial charge in [-0.2, -0.15) is 0 Å². The molecular formula is C15H23NO2. The van der Waals surface area contributed by atoms with Gasteiger partial charge in [-0.05, 0) is 39.8 Å². The van der Waals surface area contributed by atoms with Gasteiger partial charge in [0.25, 0.3) is 0 Å². The van der Waals surface area contributed by atoms with Gasteiger partial charge in [-0.1, -0.05) is 17.7 Å². The first-order valence-electron chi connectivity index (χ1n) is 6.31. The van der Waals surface area contributed by atoms with Gasteiger partial charge in [-0.15, -0.1) is 0 Å². The van der Waals surface area contributed by atoms with Crippen LogP contribution < -0.4 is 10.1 Å². The lowest BCUT2D eigenvalue weighted by Crippen LogP contribution is -2.18. The van der Waals surface area contributed by atoms with Crippen LogP contribution in [-0.4, -0.2) is 19.9 Å². The molecule has 1 atom stereocenters. The van der Waals surface area contributed by atoms with Crippen LogP contribution in [0.15, 0.2) is 12.1 Å². The van der Waals surface area contributed by atoms with E-state index >= 15 is 0 Å². The Morgan fingerprint density at radius 2 is 2.06 bits per heavy atom. The second-order valence-electron chi connectivity index (χ2n) is 4.79. The Labute approximate surface area is 110 Å². The molecule has 0 amide bonds. The number of hydrogen-bond donors (Lipinski definition) is 1. The van der Waals surface area contributed by atoms with Crippen molar-refractivity contribution in [1.82, 2.24) is 5.32 Å². The molecule has 0 aliphatic rings. The van der Waals surface area contributed by atoms with Crippen LogP contribution in [0.3, 0.4) is 0 Å². The normalized spacial score (nSPS) is 12.3. The number of carbonyl (C=O) groups excluding carboxylic acids is 1. The zero-order valence-corrected chi connectivity index (χ0v) is 12.0. The van der Waals surface area contributed by atoms with Crippen LogP contribution in [-0.2, 0) is 4.79 Å². The summed E-state index contributed by atoms with van der Waals surface area (Å²) in [5.41, 5.74) is 3.49. The molecule has 0 aliphatic carbocycles. The quantitative estimate of drug-likeness (QED) is 0.842. The lowest BCUT2D eigenvalue weighted by atomic mass is 9.96. The van der Waals surface area contributed by atoms with Crippen molar-refractivity contribution in [3.63, 3.8) is 0 Å². The van der Waals surface area contributed by atoms with E-state index in [-0.39, 0.29) is 11.8 Å². The molecule has 18 heavy (non-hydrogen) atoms. The van der Waals surface area contributed by atoms with Crippen LogP contribution in [0, 0.1) is 13.8 Å². The highest BCUT2D eigenvalue weighted by atomic mass is 16.5. The van der Waals surface area contributed by atoms with E-state index in [2.05, 4.69) is 24.4 Å². The highest BCUT2D eigenvalue weighted by Crippen LogP contribution is 2.32. The SMILES string of the molecule is CNC(CCC(C)=O)c1cc(C)cc(C)c1OC. The summed E-state index contributed by atoms with van der Waals surface area (Å²) in [7, 11) is 3.61. The maximum atomic E-state index is 11.1. The van der Waals surface area contributed by atoms with E-state index < -0.39 is 0 Å². The molecule has 1 rings (SSSR count). The Balaban J connectivity index is 3.07. The first-order valence-corrected chi connectivity index (χ1v) is 6.31. The maximum Gasteiger partial charge on any atom is 0.129 e. The second-order valence-corrected chi connectivity index (χ2v) is 4.79. The molecule has 0 saturated carbocycles. The predicted octanol–water partition coefficient (Wildman–Crippen LogP) is 2.94. The van der Waals surface area contributed by atoms with E-state index in [0.29, 0.717) is 6.42 Å². The number of carbonyl (C=O) groups is 1. The van der Waals surface area contributed by atoms with Crippen LogP contribution in [0.1, 0.15) is 42.5 Å². The fourth-order valence-electron chi connectivity index (χ4n) is 2.33. The lowest BCUT2D eigenvalue weighted by Gasteiger charge is -2.21. The molecule has 0 aliphatic heterocycles. The van der Waals surface area contributed by atoms with E-state index in [1.807, 2.05) is 14.0 Å². The van der Waals surface area contributed by atoms with E-state index in [9.17, 15) is 4.79 Å². The Hall–Kier alpha value is -1.35. The third-order valence-corrected chi connectivity index (χ3v) is 3.16. The summed E-state index contributed by atoms with van der Waals surface area (Å²) >= 11 is 0. The van der Waals surface area contributed by atoms with E-state index in [4.69, 9.17) is 4.74 Å². The van der Waals surface area contributed by atoms with E-state index in [0.717, 1.165) is 23.3 Å². The van der Waals surface area contributed by atoms with Gasteiger partial charge in [-0.3, -0.25) is 0 Å². The number of aryl methyl sites for hydroxylation is 2. The zero-order chi connectivity index (χ0) is 13.7. The van der Waals surface area contributed by atoms with Crippen LogP contribution in [0.4, 0.5) is 0 Å². The Bertz CT molecular complexity index is 427. The summed E-state index contributed by atoms with van der Waals surface area (Å²) in [4.78, 5) is 11.1. The van der Waals surface area contributed by atoms with Gasteiger partial charge in [0.2, 0.25) is 0 Å². The highest BCUT2D eigenvalue weighted by molar-refractivity contribution is 5.75. The van der Waals surface area contributed by atoms with Crippen LogP contribution in [0.2, 0.25) is 0 Å². The van der Waals surface area contributed by atoms with Crippen molar-refractivity contribution < 1.29 is 9.53 Å². The average molecular weight is 249 g/mol. The van der Waals surface area contributed by atoms with E-state index in [1.54, 1.807) is 14.0 Å². The molecule has 0 bridgehead atoms. The Morgan fingerprint density at radius 1 is 1.39 bits per heavy atom. The second kappa shape index (κ2) is 6.55. The molecule has 3 nitrogen and oxygen atoms in total. The lowest BCUT2D eigenvalue weighted by molar-refractivity contribution is -0.117. The molecule has 0 saturated heterocycles. The number of nitrogens with one attached hydrogen (secondary N) is 1. The molecule has 3 heteroatoms. The molecule has 1 aromatic carbocycles. The number of ketones is 1. The monoisotopic (exact) mass is 249 g/mol. The van der Waals surface area contributed by atoms with Crippen molar-refractivity contribution >= 4 is 5.78 Å². The van der Waals surface area contributed by atoms with Gasteiger partial charge in [0, 0.05) is 18.0 Å². The van der Waals surface area contributed by atoms with Gasteiger partial charge in [0.1, 0.15) is 11.5 Å². The molecule has 1 unspecified atom stereocenters. The molecule has 0 aromatic heterocycles. The molecule has 0 radical (unpaired) electrons. The molecule has 0 fully saturated rings. The number of ether oxygens (including phenoxy) is 1. The van der Waals surface area contributed by atoms with Gasteiger partial charge >= 0.3 is 0 Å². The van der Waals surface area contributed by atoms with Gasteiger partial charge < -0.3 is 14.8 Å². The van der Waals surface area contributed by atoms with Gasteiger partial charge in [0.05, 0.1) is 7.11 Å². The summed E-state index contributed by atoms with van der Waals surface area (Å²) in [6.07, 6.45) is 1.38. The van der Waals surface area contributed by atoms with Crippen LogP contribution in [0.25, 0.3) is 0 Å². The Kier molecular flexibility index (Phi) is 5.35. The average Bonchev–Trinajstić information content (AvgIpc) is 2.29. The topological polar surface area (TPSA) is 38.3 Å². The fraction of sp³-hybridized carbons (Fsp3) is 0.533. The third-order valence-electron chi connectivity index (χ3n) is 3.16. The van der Waals surface area contributed by atoms with Crippen molar-refractivity contribution in [2.45, 2.75) is 39.7 Å². The summed E-state index contributed by atoms with van der Waals surface area (Å²) in [5, 5.41) is 3.27. The molecule has 1 aromatic rings.